The van der Waals surface area contributed by atoms with Gasteiger partial charge >= 0.3 is 6.61 Å². The lowest BCUT2D eigenvalue weighted by molar-refractivity contribution is -0.130. The summed E-state index contributed by atoms with van der Waals surface area (Å²) in [4.78, 5) is 15.1. The van der Waals surface area contributed by atoms with Crippen LogP contribution in [-0.2, 0) is 15.1 Å². The summed E-state index contributed by atoms with van der Waals surface area (Å²) in [5.41, 5.74) is 3.93. The Morgan fingerprint density at radius 3 is 2.67 bits per heavy atom. The number of amidine groups is 1. The number of para-hydroxylation sites is 1. The lowest BCUT2D eigenvalue weighted by Crippen LogP contribution is -2.32. The quantitative estimate of drug-likeness (QED) is 0.886. The first kappa shape index (κ1) is 12.3. The molecule has 0 bridgehead atoms. The van der Waals surface area contributed by atoms with Gasteiger partial charge in [-0.05, 0) is 13.0 Å². The topological polar surface area (TPSA) is 73.9 Å². The number of hydrogen-bond acceptors (Lipinski definition) is 4. The van der Waals surface area contributed by atoms with Crippen LogP contribution in [0.4, 0.5) is 8.78 Å². The fourth-order valence-electron chi connectivity index (χ4n) is 1.71. The highest BCUT2D eigenvalue weighted by atomic mass is 19.3. The van der Waals surface area contributed by atoms with Crippen molar-refractivity contribution >= 4 is 11.9 Å². The molecule has 18 heavy (non-hydrogen) atoms. The fraction of sp³-hybridized carbons (Fsp3) is 0.273. The molecule has 0 spiro atoms. The van der Waals surface area contributed by atoms with Crippen molar-refractivity contribution in [3.63, 3.8) is 0 Å². The molecule has 1 aromatic carbocycles. The van der Waals surface area contributed by atoms with E-state index in [2.05, 4.69) is 9.73 Å². The summed E-state index contributed by atoms with van der Waals surface area (Å²) < 4.78 is 34.0. The second-order valence-corrected chi connectivity index (χ2v) is 3.77. The number of aliphatic imine (C=N–C) groups is 1. The van der Waals surface area contributed by atoms with Gasteiger partial charge in [0.2, 0.25) is 5.60 Å². The van der Waals surface area contributed by atoms with Crippen LogP contribution < -0.4 is 10.5 Å². The van der Waals surface area contributed by atoms with Crippen molar-refractivity contribution in [2.24, 2.45) is 10.7 Å². The third-order valence-corrected chi connectivity index (χ3v) is 2.55. The monoisotopic (exact) mass is 256 g/mol. The highest BCUT2D eigenvalue weighted by Gasteiger charge is 2.45. The first-order valence-electron chi connectivity index (χ1n) is 5.05. The highest BCUT2D eigenvalue weighted by Crippen LogP contribution is 2.37. The molecule has 0 aliphatic carbocycles. The van der Waals surface area contributed by atoms with E-state index in [1.54, 1.807) is 6.07 Å². The molecule has 2 rings (SSSR count). The number of rotatable bonds is 3. The largest absolute Gasteiger partial charge is 0.443 e. The van der Waals surface area contributed by atoms with Crippen LogP contribution in [0.5, 0.6) is 5.75 Å². The van der Waals surface area contributed by atoms with Crippen LogP contribution in [0.1, 0.15) is 12.5 Å². The molecule has 1 aliphatic rings. The molecular weight excluding hydrogens is 246 g/mol. The second kappa shape index (κ2) is 4.25. The summed E-state index contributed by atoms with van der Waals surface area (Å²) in [6.07, 6.45) is 0. The summed E-state index contributed by atoms with van der Waals surface area (Å²) in [7, 11) is 0. The summed E-state index contributed by atoms with van der Waals surface area (Å²) in [6, 6.07) is 5.55. The van der Waals surface area contributed by atoms with Gasteiger partial charge in [0.05, 0.1) is 0 Å². The molecular formula is C11H10F2N2O3. The Morgan fingerprint density at radius 1 is 1.44 bits per heavy atom. The maximum Gasteiger partial charge on any atom is 0.387 e. The molecule has 1 atom stereocenters. The molecule has 1 amide bonds. The van der Waals surface area contributed by atoms with Crippen molar-refractivity contribution in [2.75, 3.05) is 0 Å². The minimum absolute atomic E-state index is 0.145. The van der Waals surface area contributed by atoms with Crippen LogP contribution >= 0.6 is 0 Å². The molecule has 1 aromatic rings. The Balaban J connectivity index is 2.42. The second-order valence-electron chi connectivity index (χ2n) is 3.77. The number of hydrogen-bond donors (Lipinski definition) is 1. The fourth-order valence-corrected chi connectivity index (χ4v) is 1.71. The molecule has 5 nitrogen and oxygen atoms in total. The maximum absolute atomic E-state index is 12.3. The number of nitrogens with two attached hydrogens (primary N) is 1. The first-order valence-corrected chi connectivity index (χ1v) is 5.05. The molecule has 0 radical (unpaired) electrons. The SMILES string of the molecule is CC1(c2ccccc2OC(F)F)OC(N)=NC1=O. The van der Waals surface area contributed by atoms with Crippen LogP contribution in [0.2, 0.25) is 0 Å². The Labute approximate surface area is 101 Å². The van der Waals surface area contributed by atoms with E-state index in [1.165, 1.54) is 25.1 Å². The number of carbonyl (C=O) groups is 1. The van der Waals surface area contributed by atoms with Gasteiger partial charge in [-0.1, -0.05) is 18.2 Å². The van der Waals surface area contributed by atoms with Gasteiger partial charge in [0, 0.05) is 5.56 Å². The van der Waals surface area contributed by atoms with E-state index in [1.807, 2.05) is 0 Å². The van der Waals surface area contributed by atoms with Gasteiger partial charge in [0.1, 0.15) is 5.75 Å². The molecule has 0 fully saturated rings. The molecule has 0 aromatic heterocycles. The molecule has 1 heterocycles. The zero-order valence-electron chi connectivity index (χ0n) is 9.39. The van der Waals surface area contributed by atoms with Gasteiger partial charge in [-0.2, -0.15) is 13.8 Å². The van der Waals surface area contributed by atoms with E-state index < -0.39 is 18.1 Å². The Kier molecular flexibility index (Phi) is 2.90. The number of benzene rings is 1. The van der Waals surface area contributed by atoms with E-state index in [0.29, 0.717) is 0 Å². The van der Waals surface area contributed by atoms with Gasteiger partial charge in [-0.15, -0.1) is 0 Å². The average Bonchev–Trinajstić information content (AvgIpc) is 2.53. The van der Waals surface area contributed by atoms with Crippen molar-refractivity contribution < 1.29 is 23.0 Å². The Morgan fingerprint density at radius 2 is 2.11 bits per heavy atom. The average molecular weight is 256 g/mol. The first-order chi connectivity index (χ1) is 8.43. The van der Waals surface area contributed by atoms with Gasteiger partial charge < -0.3 is 15.2 Å². The minimum Gasteiger partial charge on any atom is -0.443 e. The molecule has 7 heteroatoms. The lowest BCUT2D eigenvalue weighted by Gasteiger charge is -2.23. The van der Waals surface area contributed by atoms with E-state index in [0.717, 1.165) is 0 Å². The van der Waals surface area contributed by atoms with Crippen LogP contribution in [0, 0.1) is 0 Å². The standard InChI is InChI=1S/C11H10F2N2O3/c1-11(8(16)15-10(14)18-11)6-4-2-3-5-7(6)17-9(12)13/h2-5,9H,1H3,(H2,14,15,16). The van der Waals surface area contributed by atoms with Crippen LogP contribution in [0.3, 0.4) is 0 Å². The van der Waals surface area contributed by atoms with Gasteiger partial charge in [0.15, 0.2) is 0 Å². The van der Waals surface area contributed by atoms with Crippen molar-refractivity contribution in [3.05, 3.63) is 29.8 Å². The molecule has 0 saturated carbocycles. The molecule has 2 N–H and O–H groups in total. The van der Waals surface area contributed by atoms with Crippen LogP contribution in [-0.4, -0.2) is 18.5 Å². The minimum atomic E-state index is -3.00. The van der Waals surface area contributed by atoms with Crippen LogP contribution in [0.25, 0.3) is 0 Å². The van der Waals surface area contributed by atoms with E-state index in [-0.39, 0.29) is 17.3 Å². The van der Waals surface area contributed by atoms with E-state index in [9.17, 15) is 13.6 Å². The highest BCUT2D eigenvalue weighted by molar-refractivity contribution is 6.01. The van der Waals surface area contributed by atoms with Crippen molar-refractivity contribution in [1.82, 2.24) is 0 Å². The lowest BCUT2D eigenvalue weighted by atomic mass is 9.94. The molecule has 0 saturated heterocycles. The molecule has 1 aliphatic heterocycles. The molecule has 1 unspecified atom stereocenters. The van der Waals surface area contributed by atoms with Crippen molar-refractivity contribution in [3.8, 4) is 5.75 Å². The number of carbonyl (C=O) groups excluding carboxylic acids is 1. The number of nitrogens with zero attached hydrogens (tertiary/aromatic N) is 1. The summed E-state index contributed by atoms with van der Waals surface area (Å²) >= 11 is 0. The van der Waals surface area contributed by atoms with Crippen LogP contribution in [0.15, 0.2) is 29.3 Å². The third kappa shape index (κ3) is 1.99. The number of ether oxygens (including phenoxy) is 2. The van der Waals surface area contributed by atoms with Gasteiger partial charge in [-0.25, -0.2) is 0 Å². The maximum atomic E-state index is 12.3. The normalized spacial score (nSPS) is 22.9. The predicted octanol–water partition coefficient (Wildman–Crippen LogP) is 1.37. The van der Waals surface area contributed by atoms with E-state index in [4.69, 9.17) is 10.5 Å². The number of alkyl halides is 2. The van der Waals surface area contributed by atoms with Crippen molar-refractivity contribution in [2.45, 2.75) is 19.1 Å². The summed E-state index contributed by atoms with van der Waals surface area (Å²) in [5, 5.41) is 0. The third-order valence-electron chi connectivity index (χ3n) is 2.55. The summed E-state index contributed by atoms with van der Waals surface area (Å²) in [5.74, 6) is -0.807. The zero-order valence-corrected chi connectivity index (χ0v) is 9.39. The Hall–Kier alpha value is -2.18. The van der Waals surface area contributed by atoms with Gasteiger partial charge in [0.25, 0.3) is 11.9 Å². The Bertz CT molecular complexity index is 519. The number of amides is 1. The molecule has 96 valence electrons. The number of halogens is 2. The van der Waals surface area contributed by atoms with Gasteiger partial charge in [-0.3, -0.25) is 4.79 Å². The predicted molar refractivity (Wildman–Crippen MR) is 58.1 cm³/mol. The van der Waals surface area contributed by atoms with E-state index >= 15 is 0 Å². The summed E-state index contributed by atoms with van der Waals surface area (Å²) in [6.45, 7) is -1.60. The van der Waals surface area contributed by atoms with Crippen molar-refractivity contribution in [1.29, 1.82) is 0 Å². The smallest absolute Gasteiger partial charge is 0.387 e. The zero-order chi connectivity index (χ0) is 13.3.